The van der Waals surface area contributed by atoms with Crippen LogP contribution < -0.4 is 38.5 Å². The van der Waals surface area contributed by atoms with Gasteiger partial charge in [-0.15, -0.1) is 10.2 Å². The van der Waals surface area contributed by atoms with Crippen molar-refractivity contribution in [1.29, 1.82) is 0 Å². The number of hydrogen-bond acceptors (Lipinski definition) is 11. The van der Waals surface area contributed by atoms with Crippen molar-refractivity contribution in [3.8, 4) is 5.75 Å². The zero-order valence-corrected chi connectivity index (χ0v) is 26.0. The molecule has 1 aromatic heterocycles. The van der Waals surface area contributed by atoms with Gasteiger partial charge in [-0.3, -0.25) is 9.59 Å². The summed E-state index contributed by atoms with van der Waals surface area (Å²) in [6, 6.07) is 3.76. The van der Waals surface area contributed by atoms with E-state index in [0.29, 0.717) is 55.8 Å². The van der Waals surface area contributed by atoms with Crippen molar-refractivity contribution in [3.05, 3.63) is 32.7 Å². The molecule has 2 saturated heterocycles. The lowest BCUT2D eigenvalue weighted by molar-refractivity contribution is -0.121. The number of nitrogens with two attached hydrogens (primary N) is 3. The third-order valence-electron chi connectivity index (χ3n) is 6.07. The van der Waals surface area contributed by atoms with Crippen molar-refractivity contribution in [2.24, 2.45) is 17.2 Å². The Morgan fingerprint density at radius 3 is 2.42 bits per heavy atom. The number of tetrazole rings is 1. The average molecular weight is 738 g/mol. The molecular formula is C26H48IN11O4S. The zero-order valence-electron chi connectivity index (χ0n) is 23.0. The van der Waals surface area contributed by atoms with E-state index >= 15 is 0 Å². The standard InChI is InChI=1S/C12H22N4O2S.C10H13IN2O2.C2H5N5.2CH4/c13-5-6-14-10(17)4-2-1-3-9-11-8(7-19-9)15-12(18)16-11;1-6-4-9(14)7(5-8(6)11)10(15)13-3-2-12;3-1-2-4-6-7-5-2;;/h8-9,11H,1-7,13H2,(H,14,17)(H2,15,16,18);4-5,14H,2-3,12H2,1H3,(H,13,15);1,3H2,(H,4,5,6,7);2*1H4. The van der Waals surface area contributed by atoms with E-state index in [9.17, 15) is 19.5 Å². The number of aromatic nitrogens is 4. The fraction of sp³-hybridized carbons (Fsp3) is 0.615. The van der Waals surface area contributed by atoms with Gasteiger partial charge in [-0.2, -0.15) is 17.0 Å². The quantitative estimate of drug-likeness (QED) is 0.0882. The number of nitrogens with zero attached hydrogens (tertiary/aromatic N) is 3. The Morgan fingerprint density at radius 2 is 1.81 bits per heavy atom. The van der Waals surface area contributed by atoms with Crippen LogP contribution in [-0.4, -0.2) is 92.8 Å². The largest absolute Gasteiger partial charge is 0.507 e. The zero-order chi connectivity index (χ0) is 30.2. The molecule has 12 N–H and O–H groups in total. The van der Waals surface area contributed by atoms with E-state index in [-0.39, 0.29) is 50.5 Å². The second-order valence-electron chi connectivity index (χ2n) is 9.20. The molecule has 3 unspecified atom stereocenters. The van der Waals surface area contributed by atoms with E-state index in [1.807, 2.05) is 18.7 Å². The topological polar surface area (TPSA) is 252 Å². The van der Waals surface area contributed by atoms with E-state index in [1.54, 1.807) is 12.1 Å². The van der Waals surface area contributed by atoms with Crippen LogP contribution in [-0.2, 0) is 11.3 Å². The third-order valence-corrected chi connectivity index (χ3v) is 8.74. The minimum atomic E-state index is -0.295. The van der Waals surface area contributed by atoms with Gasteiger partial charge in [0.25, 0.3) is 5.91 Å². The molecule has 2 aliphatic rings. The predicted molar refractivity (Wildman–Crippen MR) is 179 cm³/mol. The van der Waals surface area contributed by atoms with Crippen LogP contribution in [0.1, 0.15) is 62.3 Å². The highest BCUT2D eigenvalue weighted by molar-refractivity contribution is 14.1. The number of carbonyl (C=O) groups is 3. The molecule has 0 saturated carbocycles. The minimum Gasteiger partial charge on any atom is -0.507 e. The lowest BCUT2D eigenvalue weighted by atomic mass is 10.0. The molecule has 1 aromatic carbocycles. The number of amides is 4. The number of benzene rings is 1. The molecule has 0 bridgehead atoms. The smallest absolute Gasteiger partial charge is 0.315 e. The van der Waals surface area contributed by atoms with Gasteiger partial charge in [0.15, 0.2) is 5.82 Å². The van der Waals surface area contributed by atoms with Crippen LogP contribution in [0.2, 0.25) is 0 Å². The van der Waals surface area contributed by atoms with Crippen LogP contribution in [0.5, 0.6) is 5.75 Å². The van der Waals surface area contributed by atoms with Gasteiger partial charge >= 0.3 is 6.03 Å². The number of aromatic amines is 1. The maximum atomic E-state index is 11.6. The number of phenols is 1. The highest BCUT2D eigenvalue weighted by Crippen LogP contribution is 2.33. The monoisotopic (exact) mass is 737 g/mol. The number of thioether (sulfide) groups is 1. The lowest BCUT2D eigenvalue weighted by Crippen LogP contribution is -2.36. The summed E-state index contributed by atoms with van der Waals surface area (Å²) >= 11 is 4.04. The molecule has 43 heavy (non-hydrogen) atoms. The number of unbranched alkanes of at least 4 members (excludes halogenated alkanes) is 1. The molecule has 4 rings (SSSR count). The Hall–Kier alpha value is -2.74. The first-order chi connectivity index (χ1) is 19.7. The fourth-order valence-corrected chi connectivity index (χ4v) is 5.98. The summed E-state index contributed by atoms with van der Waals surface area (Å²) < 4.78 is 0.947. The second-order valence-corrected chi connectivity index (χ2v) is 11.6. The van der Waals surface area contributed by atoms with Crippen molar-refractivity contribution in [2.75, 3.05) is 31.9 Å². The van der Waals surface area contributed by atoms with Gasteiger partial charge in [0, 0.05) is 47.2 Å². The number of aromatic hydroxyl groups is 1. The van der Waals surface area contributed by atoms with Crippen molar-refractivity contribution in [3.63, 3.8) is 0 Å². The highest BCUT2D eigenvalue weighted by Gasteiger charge is 2.42. The molecule has 4 amide bonds. The van der Waals surface area contributed by atoms with E-state index in [1.165, 1.54) is 0 Å². The lowest BCUT2D eigenvalue weighted by Gasteiger charge is -2.16. The van der Waals surface area contributed by atoms with Crippen LogP contribution in [0, 0.1) is 10.5 Å². The van der Waals surface area contributed by atoms with E-state index in [2.05, 4.69) is 64.5 Å². The fourth-order valence-electron chi connectivity index (χ4n) is 3.97. The minimum absolute atomic E-state index is 0. The second kappa shape index (κ2) is 21.9. The molecule has 2 fully saturated rings. The van der Waals surface area contributed by atoms with Crippen LogP contribution in [0.15, 0.2) is 12.1 Å². The normalized spacial score (nSPS) is 17.7. The average Bonchev–Trinajstić information content (AvgIpc) is 3.70. The summed E-state index contributed by atoms with van der Waals surface area (Å²) in [6.45, 7) is 4.05. The molecule has 15 nitrogen and oxygen atoms in total. The molecule has 0 spiro atoms. The van der Waals surface area contributed by atoms with Crippen LogP contribution >= 0.6 is 34.4 Å². The SMILES string of the molecule is C.C.Cc1cc(O)c(C(=O)NCCN)cc1I.NCCNC(=O)CCCCC1SCC2NC(=O)NC21.NCc1nn[nH]n1. The van der Waals surface area contributed by atoms with Gasteiger partial charge in [0.05, 0.1) is 24.2 Å². The third kappa shape index (κ3) is 14.1. The van der Waals surface area contributed by atoms with E-state index in [4.69, 9.17) is 17.2 Å². The number of fused-ring (bicyclic) bond motifs is 1. The summed E-state index contributed by atoms with van der Waals surface area (Å²) in [5.41, 5.74) is 16.9. The Labute approximate surface area is 271 Å². The molecule has 0 radical (unpaired) electrons. The molecule has 17 heteroatoms. The summed E-state index contributed by atoms with van der Waals surface area (Å²) in [4.78, 5) is 34.2. The summed E-state index contributed by atoms with van der Waals surface area (Å²) in [5, 5.41) is 34.0. The summed E-state index contributed by atoms with van der Waals surface area (Å²) in [6.07, 6.45) is 3.53. The van der Waals surface area contributed by atoms with Gasteiger partial charge in [-0.25, -0.2) is 4.79 Å². The molecular weight excluding hydrogens is 689 g/mol. The number of nitrogens with one attached hydrogen (secondary N) is 5. The molecule has 244 valence electrons. The number of carbonyl (C=O) groups excluding carboxylic acids is 3. The molecule has 0 aliphatic carbocycles. The van der Waals surface area contributed by atoms with Gasteiger partial charge in [-0.05, 0) is 60.1 Å². The van der Waals surface area contributed by atoms with Crippen molar-refractivity contribution in [2.45, 2.75) is 71.3 Å². The number of rotatable bonds is 11. The number of urea groups is 1. The first-order valence-corrected chi connectivity index (χ1v) is 15.4. The Bertz CT molecular complexity index is 1110. The number of hydrogen-bond donors (Lipinski definition) is 9. The van der Waals surface area contributed by atoms with Crippen molar-refractivity contribution in [1.82, 2.24) is 41.9 Å². The van der Waals surface area contributed by atoms with Crippen molar-refractivity contribution < 1.29 is 19.5 Å². The predicted octanol–water partition coefficient (Wildman–Crippen LogP) is 0.711. The van der Waals surface area contributed by atoms with E-state index in [0.717, 1.165) is 34.1 Å². The number of halogens is 1. The van der Waals surface area contributed by atoms with Gasteiger partial charge in [-0.1, -0.05) is 26.5 Å². The van der Waals surface area contributed by atoms with Gasteiger partial charge in [0.1, 0.15) is 5.75 Å². The summed E-state index contributed by atoms with van der Waals surface area (Å²) in [5.74, 6) is 1.32. The first kappa shape index (κ1) is 40.3. The Balaban J connectivity index is 0.000000657. The van der Waals surface area contributed by atoms with Crippen molar-refractivity contribution >= 4 is 52.2 Å². The molecule has 2 aliphatic heterocycles. The number of H-pyrrole nitrogens is 1. The van der Waals surface area contributed by atoms with Gasteiger partial charge < -0.3 is 43.6 Å². The summed E-state index contributed by atoms with van der Waals surface area (Å²) in [7, 11) is 0. The Morgan fingerprint density at radius 1 is 1.12 bits per heavy atom. The molecule has 2 aromatic rings. The number of phenolic OH excluding ortho intramolecular Hbond substituents is 1. The van der Waals surface area contributed by atoms with Gasteiger partial charge in [0.2, 0.25) is 5.91 Å². The Kier molecular flexibility index (Phi) is 20.5. The van der Waals surface area contributed by atoms with Crippen LogP contribution in [0.25, 0.3) is 0 Å². The number of aryl methyl sites for hydroxylation is 1. The van der Waals surface area contributed by atoms with E-state index < -0.39 is 0 Å². The van der Waals surface area contributed by atoms with Crippen LogP contribution in [0.3, 0.4) is 0 Å². The molecule has 3 atom stereocenters. The van der Waals surface area contributed by atoms with Crippen LogP contribution in [0.4, 0.5) is 4.79 Å². The maximum absolute atomic E-state index is 11.6. The maximum Gasteiger partial charge on any atom is 0.315 e. The molecule has 3 heterocycles. The first-order valence-electron chi connectivity index (χ1n) is 13.2. The highest BCUT2D eigenvalue weighted by atomic mass is 127.